The quantitative estimate of drug-likeness (QED) is 0.230. The Labute approximate surface area is 200 Å². The van der Waals surface area contributed by atoms with Crippen LogP contribution in [-0.4, -0.2) is 119 Å². The molecule has 10 atom stereocenters. The van der Waals surface area contributed by atoms with Gasteiger partial charge in [-0.2, -0.15) is 0 Å². The summed E-state index contributed by atoms with van der Waals surface area (Å²) in [5.41, 5.74) is 1.21. The van der Waals surface area contributed by atoms with Crippen LogP contribution in [0.15, 0.2) is 29.3 Å². The Morgan fingerprint density at radius 3 is 2.17 bits per heavy atom. The Morgan fingerprint density at radius 1 is 0.971 bits per heavy atom. The highest BCUT2D eigenvalue weighted by molar-refractivity contribution is 5.95. The Kier molecular flexibility index (Phi) is 8.90. The van der Waals surface area contributed by atoms with Crippen LogP contribution in [0.2, 0.25) is 0 Å². The van der Waals surface area contributed by atoms with Crippen LogP contribution in [0.1, 0.15) is 12.5 Å². The van der Waals surface area contributed by atoms with Crippen LogP contribution < -0.4 is 5.32 Å². The number of nitrogens with one attached hydrogen (secondary N) is 1. The molecule has 0 aromatic heterocycles. The van der Waals surface area contributed by atoms with Crippen LogP contribution in [0.4, 0.5) is 5.69 Å². The van der Waals surface area contributed by atoms with Crippen LogP contribution in [0.5, 0.6) is 0 Å². The third kappa shape index (κ3) is 5.85. The van der Waals surface area contributed by atoms with Crippen molar-refractivity contribution in [1.82, 2.24) is 0 Å². The molecular formula is C22H30N2O11. The number of nitrogens with zero attached hydrogens (tertiary/aromatic N) is 1. The number of aliphatic carboxylic acids is 1. The molecule has 0 radical (unpaired) electrons. The van der Waals surface area contributed by atoms with E-state index < -0.39 is 73.1 Å². The molecule has 1 amide bonds. The SMILES string of the molecule is CN=Cc1ccc(NC(=O)[C@H]2O[C@H](O[C@H]3C(O)C(O)[C@H](C)O[C@H]3C(=O)O)C(O)C(O)[C@@H]2OC)cc1. The van der Waals surface area contributed by atoms with E-state index in [-0.39, 0.29) is 0 Å². The second kappa shape index (κ2) is 11.5. The molecule has 194 valence electrons. The number of carbonyl (C=O) groups excluding carboxylic acids is 1. The molecule has 2 saturated heterocycles. The second-order valence-corrected chi connectivity index (χ2v) is 8.29. The Balaban J connectivity index is 1.79. The van der Waals surface area contributed by atoms with Gasteiger partial charge in [-0.05, 0) is 24.6 Å². The summed E-state index contributed by atoms with van der Waals surface area (Å²) in [6.45, 7) is 1.38. The molecule has 2 aliphatic heterocycles. The molecule has 2 aliphatic rings. The fraction of sp³-hybridized carbons (Fsp3) is 0.591. The minimum Gasteiger partial charge on any atom is -0.479 e. The number of carbonyl (C=O) groups is 2. The molecule has 0 spiro atoms. The third-order valence-electron chi connectivity index (χ3n) is 5.89. The fourth-order valence-corrected chi connectivity index (χ4v) is 3.98. The highest BCUT2D eigenvalue weighted by atomic mass is 16.7. The van der Waals surface area contributed by atoms with Crippen molar-refractivity contribution in [2.45, 2.75) is 68.1 Å². The standard InChI is InChI=1S/C22H30N2O11/c1-9-12(25)13(26)17(19(33-9)21(30)31)34-22-15(28)14(27)16(32-3)18(35-22)20(29)24-11-6-4-10(5-7-11)8-23-2/h4-9,12-19,22,25-28H,1-3H3,(H,24,29)(H,30,31)/t9-,12?,13?,14?,15?,16-,17-,18-,19+,22-/m0/s1. The van der Waals surface area contributed by atoms with Crippen molar-refractivity contribution in [3.05, 3.63) is 29.8 Å². The van der Waals surface area contributed by atoms with Gasteiger partial charge in [-0.1, -0.05) is 12.1 Å². The van der Waals surface area contributed by atoms with Crippen molar-refractivity contribution in [3.63, 3.8) is 0 Å². The van der Waals surface area contributed by atoms with E-state index in [4.69, 9.17) is 18.9 Å². The molecule has 6 N–H and O–H groups in total. The largest absolute Gasteiger partial charge is 0.479 e. The molecule has 0 bridgehead atoms. The van der Waals surface area contributed by atoms with Crippen LogP contribution in [0.3, 0.4) is 0 Å². The van der Waals surface area contributed by atoms with Gasteiger partial charge in [0.15, 0.2) is 18.5 Å². The molecule has 13 heteroatoms. The van der Waals surface area contributed by atoms with Crippen LogP contribution in [0.25, 0.3) is 0 Å². The first-order valence-corrected chi connectivity index (χ1v) is 10.9. The summed E-state index contributed by atoms with van der Waals surface area (Å²) in [4.78, 5) is 28.5. The summed E-state index contributed by atoms with van der Waals surface area (Å²) >= 11 is 0. The number of aliphatic hydroxyl groups excluding tert-OH is 4. The van der Waals surface area contributed by atoms with E-state index in [0.717, 1.165) is 5.56 Å². The number of anilines is 1. The molecule has 3 rings (SSSR count). The highest BCUT2D eigenvalue weighted by Gasteiger charge is 2.53. The average molecular weight is 498 g/mol. The van der Waals surface area contributed by atoms with Gasteiger partial charge in [-0.3, -0.25) is 9.79 Å². The number of carboxylic acids is 1. The first-order valence-electron chi connectivity index (χ1n) is 10.9. The van der Waals surface area contributed by atoms with E-state index in [1.165, 1.54) is 14.0 Å². The lowest BCUT2D eigenvalue weighted by molar-refractivity contribution is -0.331. The lowest BCUT2D eigenvalue weighted by atomic mass is 9.94. The van der Waals surface area contributed by atoms with Gasteiger partial charge < -0.3 is 49.8 Å². The van der Waals surface area contributed by atoms with Crippen molar-refractivity contribution in [1.29, 1.82) is 0 Å². The van der Waals surface area contributed by atoms with E-state index >= 15 is 0 Å². The minimum absolute atomic E-state index is 0.402. The lowest BCUT2D eigenvalue weighted by Crippen LogP contribution is -2.65. The van der Waals surface area contributed by atoms with Crippen molar-refractivity contribution in [3.8, 4) is 0 Å². The lowest BCUT2D eigenvalue weighted by Gasteiger charge is -2.45. The summed E-state index contributed by atoms with van der Waals surface area (Å²) in [5, 5.41) is 53.7. The summed E-state index contributed by atoms with van der Waals surface area (Å²) in [6.07, 6.45) is -14.0. The number of rotatable bonds is 7. The predicted molar refractivity (Wildman–Crippen MR) is 119 cm³/mol. The molecule has 13 nitrogen and oxygen atoms in total. The van der Waals surface area contributed by atoms with E-state index in [1.807, 2.05) is 0 Å². The molecular weight excluding hydrogens is 468 g/mol. The van der Waals surface area contributed by atoms with Crippen molar-refractivity contribution < 1.29 is 54.1 Å². The van der Waals surface area contributed by atoms with Crippen LogP contribution in [-0.2, 0) is 28.5 Å². The van der Waals surface area contributed by atoms with Gasteiger partial charge in [0.05, 0.1) is 6.10 Å². The zero-order chi connectivity index (χ0) is 25.9. The maximum absolute atomic E-state index is 13.0. The number of carboxylic acid groups (broad SMARTS) is 1. The average Bonchev–Trinajstić information content (AvgIpc) is 2.83. The zero-order valence-electron chi connectivity index (χ0n) is 19.3. The predicted octanol–water partition coefficient (Wildman–Crippen LogP) is -1.89. The second-order valence-electron chi connectivity index (χ2n) is 8.29. The van der Waals surface area contributed by atoms with Crippen molar-refractivity contribution >= 4 is 23.8 Å². The maximum atomic E-state index is 13.0. The number of methoxy groups -OCH3 is 1. The van der Waals surface area contributed by atoms with Gasteiger partial charge in [0.1, 0.15) is 36.6 Å². The molecule has 2 heterocycles. The highest BCUT2D eigenvalue weighted by Crippen LogP contribution is 2.30. The van der Waals surface area contributed by atoms with Gasteiger partial charge in [0.2, 0.25) is 0 Å². The van der Waals surface area contributed by atoms with E-state index in [1.54, 1.807) is 37.5 Å². The molecule has 4 unspecified atom stereocenters. The molecule has 0 saturated carbocycles. The molecule has 35 heavy (non-hydrogen) atoms. The monoisotopic (exact) mass is 498 g/mol. The topological polar surface area (TPSA) is 197 Å². The number of aliphatic hydroxyl groups is 4. The van der Waals surface area contributed by atoms with Crippen LogP contribution >= 0.6 is 0 Å². The number of amides is 1. The van der Waals surface area contributed by atoms with Gasteiger partial charge in [0, 0.05) is 26.1 Å². The molecule has 2 fully saturated rings. The summed E-state index contributed by atoms with van der Waals surface area (Å²) in [6, 6.07) is 6.67. The van der Waals surface area contributed by atoms with E-state index in [9.17, 15) is 35.1 Å². The van der Waals surface area contributed by atoms with Crippen LogP contribution in [0, 0.1) is 0 Å². The number of aliphatic imine (C=N–C) groups is 1. The molecule has 0 aliphatic carbocycles. The van der Waals surface area contributed by atoms with Crippen molar-refractivity contribution in [2.24, 2.45) is 4.99 Å². The summed E-state index contributed by atoms with van der Waals surface area (Å²) in [5.74, 6) is -2.23. The van der Waals surface area contributed by atoms with Gasteiger partial charge in [-0.15, -0.1) is 0 Å². The van der Waals surface area contributed by atoms with E-state index in [2.05, 4.69) is 10.3 Å². The van der Waals surface area contributed by atoms with Crippen molar-refractivity contribution in [2.75, 3.05) is 19.5 Å². The maximum Gasteiger partial charge on any atom is 0.335 e. The zero-order valence-corrected chi connectivity index (χ0v) is 19.3. The summed E-state index contributed by atoms with van der Waals surface area (Å²) in [7, 11) is 2.83. The number of ether oxygens (including phenoxy) is 4. The van der Waals surface area contributed by atoms with Gasteiger partial charge >= 0.3 is 5.97 Å². The Morgan fingerprint density at radius 2 is 1.60 bits per heavy atom. The smallest absolute Gasteiger partial charge is 0.335 e. The van der Waals surface area contributed by atoms with Gasteiger partial charge in [0.25, 0.3) is 5.91 Å². The Hall–Kier alpha value is -2.49. The summed E-state index contributed by atoms with van der Waals surface area (Å²) < 4.78 is 21.5. The minimum atomic E-state index is -1.78. The molecule has 1 aromatic rings. The normalized spacial score (nSPS) is 37.8. The fourth-order valence-electron chi connectivity index (χ4n) is 3.98. The molecule has 1 aromatic carbocycles. The first-order chi connectivity index (χ1) is 16.6. The Bertz CT molecular complexity index is 911. The third-order valence-corrected chi connectivity index (χ3v) is 5.89. The number of benzene rings is 1. The van der Waals surface area contributed by atoms with E-state index in [0.29, 0.717) is 5.69 Å². The van der Waals surface area contributed by atoms with Gasteiger partial charge in [-0.25, -0.2) is 4.79 Å². The number of hydrogen-bond donors (Lipinski definition) is 6. The number of hydrogen-bond acceptors (Lipinski definition) is 11. The first kappa shape index (κ1) is 27.1.